The van der Waals surface area contributed by atoms with E-state index >= 15 is 0 Å². The molecule has 0 aliphatic heterocycles. The molecule has 1 amide bonds. The van der Waals surface area contributed by atoms with E-state index < -0.39 is 5.91 Å². The Morgan fingerprint density at radius 2 is 2.17 bits per heavy atom. The summed E-state index contributed by atoms with van der Waals surface area (Å²) < 4.78 is 0. The van der Waals surface area contributed by atoms with E-state index in [0.717, 1.165) is 0 Å². The monoisotopic (exact) mass is 162 g/mol. The summed E-state index contributed by atoms with van der Waals surface area (Å²) in [5.41, 5.74) is 6.20. The van der Waals surface area contributed by atoms with Crippen molar-refractivity contribution in [3.63, 3.8) is 0 Å². The van der Waals surface area contributed by atoms with Gasteiger partial charge < -0.3 is 5.73 Å². The molecule has 62 valence electrons. The minimum absolute atomic E-state index is 0.448. The molecule has 0 radical (unpaired) electrons. The van der Waals surface area contributed by atoms with Crippen molar-refractivity contribution in [3.8, 4) is 0 Å². The van der Waals surface area contributed by atoms with Crippen LogP contribution in [-0.2, 0) is 0 Å². The first-order valence-electron chi connectivity index (χ1n) is 3.63. The van der Waals surface area contributed by atoms with Gasteiger partial charge in [-0.3, -0.25) is 9.79 Å². The second-order valence-electron chi connectivity index (χ2n) is 2.27. The lowest BCUT2D eigenvalue weighted by molar-refractivity contribution is 0.100. The van der Waals surface area contributed by atoms with Gasteiger partial charge in [-0.05, 0) is 19.1 Å². The van der Waals surface area contributed by atoms with E-state index in [0.29, 0.717) is 11.3 Å². The number of hydrogen-bond acceptors (Lipinski definition) is 2. The number of para-hydroxylation sites is 1. The molecule has 0 unspecified atom stereocenters. The summed E-state index contributed by atoms with van der Waals surface area (Å²) in [5.74, 6) is -0.448. The highest BCUT2D eigenvalue weighted by atomic mass is 16.1. The van der Waals surface area contributed by atoms with Crippen molar-refractivity contribution in [1.29, 1.82) is 0 Å². The van der Waals surface area contributed by atoms with Gasteiger partial charge in [0.2, 0.25) is 0 Å². The fraction of sp³-hybridized carbons (Fsp3) is 0.111. The maximum Gasteiger partial charge on any atom is 0.250 e. The summed E-state index contributed by atoms with van der Waals surface area (Å²) in [7, 11) is 0. The third-order valence-electron chi connectivity index (χ3n) is 1.44. The van der Waals surface area contributed by atoms with Crippen LogP contribution in [0.2, 0.25) is 0 Å². The third-order valence-corrected chi connectivity index (χ3v) is 1.44. The third kappa shape index (κ3) is 1.69. The van der Waals surface area contributed by atoms with Crippen LogP contribution in [0.25, 0.3) is 0 Å². The Hall–Kier alpha value is -1.64. The lowest BCUT2D eigenvalue weighted by Crippen LogP contribution is -2.10. The van der Waals surface area contributed by atoms with Crippen LogP contribution in [-0.4, -0.2) is 12.1 Å². The highest BCUT2D eigenvalue weighted by Gasteiger charge is 2.03. The van der Waals surface area contributed by atoms with Crippen LogP contribution in [0.3, 0.4) is 0 Å². The average Bonchev–Trinajstić information content (AvgIpc) is 2.05. The maximum atomic E-state index is 10.8. The first-order valence-corrected chi connectivity index (χ1v) is 3.63. The minimum Gasteiger partial charge on any atom is -0.366 e. The summed E-state index contributed by atoms with van der Waals surface area (Å²) in [6, 6.07) is 6.98. The first kappa shape index (κ1) is 8.46. The van der Waals surface area contributed by atoms with Crippen molar-refractivity contribution in [1.82, 2.24) is 0 Å². The van der Waals surface area contributed by atoms with Crippen LogP contribution >= 0.6 is 0 Å². The molecule has 0 fully saturated rings. The number of carbonyl (C=O) groups is 1. The molecule has 0 heterocycles. The van der Waals surface area contributed by atoms with Gasteiger partial charge in [0.25, 0.3) is 5.91 Å². The molecule has 0 aliphatic rings. The molecule has 3 nitrogen and oxygen atoms in total. The van der Waals surface area contributed by atoms with Crippen LogP contribution in [0, 0.1) is 0 Å². The summed E-state index contributed by atoms with van der Waals surface area (Å²) in [4.78, 5) is 14.8. The van der Waals surface area contributed by atoms with Gasteiger partial charge in [0.05, 0.1) is 11.3 Å². The maximum absolute atomic E-state index is 10.8. The van der Waals surface area contributed by atoms with Gasteiger partial charge in [-0.15, -0.1) is 0 Å². The van der Waals surface area contributed by atoms with Gasteiger partial charge in [-0.25, -0.2) is 0 Å². The number of primary amides is 1. The van der Waals surface area contributed by atoms with E-state index in [9.17, 15) is 4.79 Å². The Bertz CT molecular complexity index is 318. The number of nitrogens with two attached hydrogens (primary N) is 1. The minimum atomic E-state index is -0.448. The van der Waals surface area contributed by atoms with Crippen molar-refractivity contribution < 1.29 is 4.79 Å². The van der Waals surface area contributed by atoms with E-state index in [-0.39, 0.29) is 0 Å². The number of aliphatic imine (C=N–C) groups is 1. The van der Waals surface area contributed by atoms with Crippen LogP contribution < -0.4 is 5.73 Å². The van der Waals surface area contributed by atoms with E-state index in [2.05, 4.69) is 4.99 Å². The van der Waals surface area contributed by atoms with Gasteiger partial charge in [0.15, 0.2) is 0 Å². The molecular formula is C9H10N2O. The molecule has 0 aliphatic carbocycles. The Morgan fingerprint density at radius 3 is 2.75 bits per heavy atom. The predicted octanol–water partition coefficient (Wildman–Crippen LogP) is 1.51. The molecule has 0 aromatic heterocycles. The summed E-state index contributed by atoms with van der Waals surface area (Å²) in [6.45, 7) is 1.79. The van der Waals surface area contributed by atoms with Crippen molar-refractivity contribution in [2.24, 2.45) is 10.7 Å². The molecule has 0 saturated carbocycles. The fourth-order valence-corrected chi connectivity index (χ4v) is 0.934. The predicted molar refractivity (Wildman–Crippen MR) is 48.8 cm³/mol. The molecule has 0 atom stereocenters. The zero-order chi connectivity index (χ0) is 8.97. The molecule has 2 N–H and O–H groups in total. The molecule has 0 spiro atoms. The number of rotatable bonds is 2. The quantitative estimate of drug-likeness (QED) is 0.658. The average molecular weight is 162 g/mol. The Balaban J connectivity index is 3.17. The number of benzene rings is 1. The largest absolute Gasteiger partial charge is 0.366 e. The molecule has 1 aromatic rings. The Morgan fingerprint density at radius 1 is 1.50 bits per heavy atom. The van der Waals surface area contributed by atoms with Crippen LogP contribution in [0.15, 0.2) is 29.3 Å². The van der Waals surface area contributed by atoms with Gasteiger partial charge in [-0.1, -0.05) is 12.1 Å². The van der Waals surface area contributed by atoms with E-state index in [4.69, 9.17) is 5.73 Å². The summed E-state index contributed by atoms with van der Waals surface area (Å²) in [5, 5.41) is 0. The highest BCUT2D eigenvalue weighted by molar-refractivity contribution is 5.98. The van der Waals surface area contributed by atoms with Crippen LogP contribution in [0.5, 0.6) is 0 Å². The van der Waals surface area contributed by atoms with E-state index in [1.165, 1.54) is 0 Å². The second kappa shape index (κ2) is 3.67. The lowest BCUT2D eigenvalue weighted by Gasteiger charge is -1.98. The van der Waals surface area contributed by atoms with Crippen molar-refractivity contribution >= 4 is 17.8 Å². The Kier molecular flexibility index (Phi) is 2.58. The van der Waals surface area contributed by atoms with Crippen molar-refractivity contribution in [2.75, 3.05) is 0 Å². The Labute approximate surface area is 70.9 Å². The SMILES string of the molecule is C/C=N/c1ccccc1C(N)=O. The molecule has 0 saturated heterocycles. The van der Waals surface area contributed by atoms with Gasteiger partial charge in [0, 0.05) is 6.21 Å². The number of hydrogen-bond donors (Lipinski definition) is 1. The van der Waals surface area contributed by atoms with Crippen molar-refractivity contribution in [3.05, 3.63) is 29.8 Å². The zero-order valence-electron chi connectivity index (χ0n) is 6.82. The van der Waals surface area contributed by atoms with E-state index in [1.54, 1.807) is 31.3 Å². The van der Waals surface area contributed by atoms with Crippen LogP contribution in [0.4, 0.5) is 5.69 Å². The molecule has 1 rings (SSSR count). The van der Waals surface area contributed by atoms with Gasteiger partial charge >= 0.3 is 0 Å². The number of carbonyl (C=O) groups excluding carboxylic acids is 1. The van der Waals surface area contributed by atoms with E-state index in [1.807, 2.05) is 6.07 Å². The second-order valence-corrected chi connectivity index (χ2v) is 2.27. The summed E-state index contributed by atoms with van der Waals surface area (Å²) in [6.07, 6.45) is 1.63. The first-order chi connectivity index (χ1) is 5.75. The van der Waals surface area contributed by atoms with Crippen molar-refractivity contribution in [2.45, 2.75) is 6.92 Å². The highest BCUT2D eigenvalue weighted by Crippen LogP contribution is 2.16. The van der Waals surface area contributed by atoms with Crippen LogP contribution in [0.1, 0.15) is 17.3 Å². The lowest BCUT2D eigenvalue weighted by atomic mass is 10.2. The number of nitrogens with zero attached hydrogens (tertiary/aromatic N) is 1. The normalized spacial score (nSPS) is 10.4. The van der Waals surface area contributed by atoms with Gasteiger partial charge in [-0.2, -0.15) is 0 Å². The molecular weight excluding hydrogens is 152 g/mol. The molecule has 12 heavy (non-hydrogen) atoms. The smallest absolute Gasteiger partial charge is 0.250 e. The molecule has 0 bridgehead atoms. The standard InChI is InChI=1S/C9H10N2O/c1-2-11-8-6-4-3-5-7(8)9(10)12/h2-6H,1H3,(H2,10,12)/b11-2+. The topological polar surface area (TPSA) is 55.4 Å². The molecule has 3 heteroatoms. The zero-order valence-corrected chi connectivity index (χ0v) is 6.82. The van der Waals surface area contributed by atoms with Gasteiger partial charge in [0.1, 0.15) is 0 Å². The fourth-order valence-electron chi connectivity index (χ4n) is 0.934. The number of amides is 1. The summed E-state index contributed by atoms with van der Waals surface area (Å²) >= 11 is 0. The molecule has 1 aromatic carbocycles.